The van der Waals surface area contributed by atoms with Crippen LogP contribution in [-0.4, -0.2) is 32.5 Å². The Bertz CT molecular complexity index is 824. The van der Waals surface area contributed by atoms with Crippen molar-refractivity contribution >= 4 is 5.91 Å². The van der Waals surface area contributed by atoms with Crippen LogP contribution in [0, 0.1) is 0 Å². The molecule has 4 rings (SSSR count). The van der Waals surface area contributed by atoms with Crippen LogP contribution in [0.1, 0.15) is 41.1 Å². The molecule has 4 heterocycles. The molecule has 6 nitrogen and oxygen atoms in total. The Morgan fingerprint density at radius 2 is 2.22 bits per heavy atom. The molecule has 1 aliphatic heterocycles. The summed E-state index contributed by atoms with van der Waals surface area (Å²) in [5, 5.41) is 7.19. The first kappa shape index (κ1) is 13.8. The van der Waals surface area contributed by atoms with Crippen LogP contribution in [0.2, 0.25) is 0 Å². The van der Waals surface area contributed by atoms with Gasteiger partial charge in [0.05, 0.1) is 12.0 Å². The fraction of sp³-hybridized carbons (Fsp3) is 0.235. The Kier molecular flexibility index (Phi) is 3.22. The van der Waals surface area contributed by atoms with Gasteiger partial charge in [-0.25, -0.2) is 0 Å². The van der Waals surface area contributed by atoms with E-state index in [1.165, 1.54) is 0 Å². The Morgan fingerprint density at radius 1 is 1.30 bits per heavy atom. The number of H-pyrrole nitrogens is 1. The van der Waals surface area contributed by atoms with Gasteiger partial charge in [0, 0.05) is 18.3 Å². The van der Waals surface area contributed by atoms with Gasteiger partial charge in [0.15, 0.2) is 11.5 Å². The number of hydrogen-bond donors (Lipinski definition) is 1. The van der Waals surface area contributed by atoms with Gasteiger partial charge >= 0.3 is 0 Å². The molecule has 0 bridgehead atoms. The summed E-state index contributed by atoms with van der Waals surface area (Å²) in [5.41, 5.74) is 2.88. The maximum atomic E-state index is 12.7. The molecule has 1 amide bonds. The van der Waals surface area contributed by atoms with Gasteiger partial charge in [-0.2, -0.15) is 5.10 Å². The number of amides is 1. The normalized spacial score (nSPS) is 16.8. The number of aromatic amines is 1. The van der Waals surface area contributed by atoms with Crippen molar-refractivity contribution in [2.75, 3.05) is 6.54 Å². The molecule has 0 radical (unpaired) electrons. The molecule has 1 aliphatic rings. The van der Waals surface area contributed by atoms with Crippen molar-refractivity contribution in [2.45, 2.75) is 19.4 Å². The highest BCUT2D eigenvalue weighted by Crippen LogP contribution is 2.42. The first-order valence-corrected chi connectivity index (χ1v) is 7.65. The highest BCUT2D eigenvalue weighted by Gasteiger charge is 2.43. The molecule has 3 aromatic heterocycles. The standard InChI is InChI=1S/C17H16N4O2/c1-2-9-21-16(11-6-3-4-8-18-11)13-14(12-7-5-10-23-12)19-20-15(13)17(21)22/h3-8,10,16H,2,9H2,1H3,(H,19,20)/t16-/m1/s1. The van der Waals surface area contributed by atoms with Crippen molar-refractivity contribution in [3.05, 3.63) is 59.7 Å². The fourth-order valence-corrected chi connectivity index (χ4v) is 3.11. The van der Waals surface area contributed by atoms with Gasteiger partial charge in [-0.15, -0.1) is 0 Å². The molecule has 116 valence electrons. The van der Waals surface area contributed by atoms with Crippen LogP contribution in [-0.2, 0) is 0 Å². The number of rotatable bonds is 4. The largest absolute Gasteiger partial charge is 0.463 e. The first-order chi connectivity index (χ1) is 11.3. The molecular formula is C17H16N4O2. The van der Waals surface area contributed by atoms with E-state index in [2.05, 4.69) is 22.1 Å². The van der Waals surface area contributed by atoms with E-state index in [0.717, 1.165) is 23.4 Å². The second-order valence-corrected chi connectivity index (χ2v) is 5.49. The zero-order valence-electron chi connectivity index (χ0n) is 12.7. The van der Waals surface area contributed by atoms with Gasteiger partial charge in [-0.05, 0) is 30.7 Å². The molecule has 0 aromatic carbocycles. The summed E-state index contributed by atoms with van der Waals surface area (Å²) in [6.07, 6.45) is 4.23. The van der Waals surface area contributed by atoms with E-state index < -0.39 is 0 Å². The maximum absolute atomic E-state index is 12.7. The first-order valence-electron chi connectivity index (χ1n) is 7.65. The predicted molar refractivity (Wildman–Crippen MR) is 83.7 cm³/mol. The molecule has 0 saturated carbocycles. The molecule has 0 saturated heterocycles. The van der Waals surface area contributed by atoms with Gasteiger partial charge < -0.3 is 9.32 Å². The summed E-state index contributed by atoms with van der Waals surface area (Å²) in [4.78, 5) is 19.0. The number of carbonyl (C=O) groups excluding carboxylic acids is 1. The maximum Gasteiger partial charge on any atom is 0.275 e. The van der Waals surface area contributed by atoms with E-state index in [4.69, 9.17) is 4.42 Å². The second-order valence-electron chi connectivity index (χ2n) is 5.49. The van der Waals surface area contributed by atoms with Crippen LogP contribution < -0.4 is 0 Å². The molecule has 0 spiro atoms. The molecule has 0 aliphatic carbocycles. The topological polar surface area (TPSA) is 75.0 Å². The summed E-state index contributed by atoms with van der Waals surface area (Å²) < 4.78 is 5.50. The molecule has 23 heavy (non-hydrogen) atoms. The SMILES string of the molecule is CCCN1C(=O)c2n[nH]c(-c3ccco3)c2[C@H]1c1ccccn1. The van der Waals surface area contributed by atoms with Crippen molar-refractivity contribution in [3.63, 3.8) is 0 Å². The van der Waals surface area contributed by atoms with Gasteiger partial charge in [0.25, 0.3) is 5.91 Å². The van der Waals surface area contributed by atoms with Crippen LogP contribution in [0.5, 0.6) is 0 Å². The summed E-state index contributed by atoms with van der Waals surface area (Å²) in [5.74, 6) is 0.609. The molecule has 1 atom stereocenters. The monoisotopic (exact) mass is 308 g/mol. The van der Waals surface area contributed by atoms with E-state index >= 15 is 0 Å². The van der Waals surface area contributed by atoms with Crippen molar-refractivity contribution < 1.29 is 9.21 Å². The van der Waals surface area contributed by atoms with E-state index in [0.29, 0.717) is 18.0 Å². The number of pyridine rings is 1. The average Bonchev–Trinajstić information content (AvgIpc) is 3.28. The number of nitrogens with one attached hydrogen (secondary N) is 1. The highest BCUT2D eigenvalue weighted by molar-refractivity contribution is 5.99. The molecular weight excluding hydrogens is 292 g/mol. The molecule has 1 N–H and O–H groups in total. The Hall–Kier alpha value is -2.89. The van der Waals surface area contributed by atoms with Crippen molar-refractivity contribution in [1.29, 1.82) is 0 Å². The van der Waals surface area contributed by atoms with Crippen molar-refractivity contribution in [1.82, 2.24) is 20.1 Å². The number of nitrogens with zero attached hydrogens (tertiary/aromatic N) is 3. The summed E-state index contributed by atoms with van der Waals surface area (Å²) in [7, 11) is 0. The minimum atomic E-state index is -0.238. The third-order valence-corrected chi connectivity index (χ3v) is 4.05. The van der Waals surface area contributed by atoms with Crippen LogP contribution in [0.4, 0.5) is 0 Å². The summed E-state index contributed by atoms with van der Waals surface area (Å²) in [6.45, 7) is 2.72. The van der Waals surface area contributed by atoms with Gasteiger partial charge in [-0.1, -0.05) is 13.0 Å². The quantitative estimate of drug-likeness (QED) is 0.804. The lowest BCUT2D eigenvalue weighted by molar-refractivity contribution is 0.0741. The fourth-order valence-electron chi connectivity index (χ4n) is 3.11. The van der Waals surface area contributed by atoms with Crippen LogP contribution in [0.15, 0.2) is 47.2 Å². The van der Waals surface area contributed by atoms with Crippen LogP contribution >= 0.6 is 0 Å². The lowest BCUT2D eigenvalue weighted by atomic mass is 10.0. The Balaban J connectivity index is 1.90. The summed E-state index contributed by atoms with van der Waals surface area (Å²) >= 11 is 0. The Labute approximate surface area is 133 Å². The zero-order valence-corrected chi connectivity index (χ0v) is 12.7. The third-order valence-electron chi connectivity index (χ3n) is 4.05. The zero-order chi connectivity index (χ0) is 15.8. The molecule has 0 unspecified atom stereocenters. The van der Waals surface area contributed by atoms with Gasteiger partial charge in [0.1, 0.15) is 11.7 Å². The predicted octanol–water partition coefficient (Wildman–Crippen LogP) is 3.02. The Morgan fingerprint density at radius 3 is 2.91 bits per heavy atom. The van der Waals surface area contributed by atoms with Crippen molar-refractivity contribution in [2.24, 2.45) is 0 Å². The molecule has 3 aromatic rings. The minimum Gasteiger partial charge on any atom is -0.463 e. The van der Waals surface area contributed by atoms with E-state index in [1.807, 2.05) is 35.2 Å². The van der Waals surface area contributed by atoms with Gasteiger partial charge in [0.2, 0.25) is 0 Å². The van der Waals surface area contributed by atoms with Gasteiger partial charge in [-0.3, -0.25) is 14.9 Å². The summed E-state index contributed by atoms with van der Waals surface area (Å²) in [6, 6.07) is 9.18. The van der Waals surface area contributed by atoms with Crippen LogP contribution in [0.25, 0.3) is 11.5 Å². The number of fused-ring (bicyclic) bond motifs is 1. The molecule has 0 fully saturated rings. The number of hydrogen-bond acceptors (Lipinski definition) is 4. The number of furan rings is 1. The van der Waals surface area contributed by atoms with Crippen LogP contribution in [0.3, 0.4) is 0 Å². The van der Waals surface area contributed by atoms with E-state index in [1.54, 1.807) is 12.5 Å². The van der Waals surface area contributed by atoms with E-state index in [-0.39, 0.29) is 11.9 Å². The lowest BCUT2D eigenvalue weighted by Crippen LogP contribution is -2.30. The molecule has 6 heteroatoms. The minimum absolute atomic E-state index is 0.0634. The smallest absolute Gasteiger partial charge is 0.275 e. The third kappa shape index (κ3) is 2.06. The lowest BCUT2D eigenvalue weighted by Gasteiger charge is -2.24. The second kappa shape index (κ2) is 5.39. The highest BCUT2D eigenvalue weighted by atomic mass is 16.3. The number of carbonyl (C=O) groups is 1. The van der Waals surface area contributed by atoms with Crippen molar-refractivity contribution in [3.8, 4) is 11.5 Å². The number of aromatic nitrogens is 3. The van der Waals surface area contributed by atoms with E-state index in [9.17, 15) is 4.79 Å². The average molecular weight is 308 g/mol.